The number of esters is 3. The fraction of sp³-hybridized carbons (Fsp3) is 0.841. The normalized spacial score (nSPS) is 12.3. The van der Waals surface area contributed by atoms with Crippen molar-refractivity contribution in [2.24, 2.45) is 0 Å². The minimum absolute atomic E-state index is 0.0735. The highest BCUT2D eigenvalue weighted by molar-refractivity contribution is 5.71. The second-order valence-corrected chi connectivity index (χ2v) is 22.4. The minimum Gasteiger partial charge on any atom is -0.462 e. The highest BCUT2D eigenvalue weighted by atomic mass is 16.6. The van der Waals surface area contributed by atoms with Gasteiger partial charge in [-0.05, 0) is 83.5 Å². The summed E-state index contributed by atoms with van der Waals surface area (Å²) in [6, 6.07) is 0. The number of carbonyl (C=O) groups is 3. The zero-order valence-corrected chi connectivity index (χ0v) is 50.3. The summed E-state index contributed by atoms with van der Waals surface area (Å²) in [5.41, 5.74) is 0. The third kappa shape index (κ3) is 62.1. The summed E-state index contributed by atoms with van der Waals surface area (Å²) in [5, 5.41) is 0. The number of rotatable bonds is 61. The molecule has 438 valence electrons. The van der Waals surface area contributed by atoms with Crippen molar-refractivity contribution in [3.05, 3.63) is 48.6 Å². The quantitative estimate of drug-likeness (QED) is 0.0261. The zero-order chi connectivity index (χ0) is 54.3. The van der Waals surface area contributed by atoms with Crippen molar-refractivity contribution in [2.45, 2.75) is 361 Å². The zero-order valence-electron chi connectivity index (χ0n) is 50.3. The Morgan fingerprint density at radius 1 is 0.267 bits per heavy atom. The monoisotopic (exact) mass is 1050 g/mol. The van der Waals surface area contributed by atoms with Gasteiger partial charge < -0.3 is 14.2 Å². The molecular weight excluding hydrogens is 925 g/mol. The third-order valence-electron chi connectivity index (χ3n) is 14.8. The average molecular weight is 1050 g/mol. The predicted molar refractivity (Wildman–Crippen MR) is 325 cm³/mol. The topological polar surface area (TPSA) is 78.9 Å². The van der Waals surface area contributed by atoms with Gasteiger partial charge in [-0.1, -0.05) is 301 Å². The standard InChI is InChI=1S/C69H126O6/c1-4-7-10-13-16-19-22-25-28-31-33-34-36-38-41-44-47-50-53-56-59-62-68(71)74-65-66(64-73-67(70)61-58-55-52-49-46-43-40-37-30-27-24-21-18-15-12-9-6-3)75-69(72)63-60-57-54-51-48-45-42-39-35-32-29-26-23-20-17-14-11-8-5-2/h17-18,20-21,26-27,29-30,66H,4-16,19,22-25,28,31-65H2,1-3H3/b20-17-,21-18-,29-26-,30-27-/t66-/m1/s1. The van der Waals surface area contributed by atoms with E-state index in [2.05, 4.69) is 69.4 Å². The Balaban J connectivity index is 4.34. The number of carbonyl (C=O) groups excluding carboxylic acids is 3. The molecule has 0 amide bonds. The van der Waals surface area contributed by atoms with E-state index < -0.39 is 6.10 Å². The Morgan fingerprint density at radius 2 is 0.480 bits per heavy atom. The number of allylic oxidation sites excluding steroid dienone is 8. The Morgan fingerprint density at radius 3 is 0.760 bits per heavy atom. The maximum atomic E-state index is 12.9. The maximum absolute atomic E-state index is 12.9. The molecule has 0 aliphatic heterocycles. The number of ether oxygens (including phenoxy) is 3. The molecule has 1 atom stereocenters. The molecule has 0 saturated heterocycles. The van der Waals surface area contributed by atoms with E-state index in [-0.39, 0.29) is 31.1 Å². The molecule has 0 unspecified atom stereocenters. The second-order valence-electron chi connectivity index (χ2n) is 22.4. The lowest BCUT2D eigenvalue weighted by molar-refractivity contribution is -0.167. The van der Waals surface area contributed by atoms with E-state index in [0.717, 1.165) is 77.0 Å². The van der Waals surface area contributed by atoms with Crippen molar-refractivity contribution in [2.75, 3.05) is 13.2 Å². The highest BCUT2D eigenvalue weighted by Gasteiger charge is 2.19. The molecule has 0 aliphatic rings. The first-order valence-electron chi connectivity index (χ1n) is 33.1. The number of unbranched alkanes of at least 4 members (excludes halogenated alkanes) is 42. The average Bonchev–Trinajstić information content (AvgIpc) is 3.41. The van der Waals surface area contributed by atoms with Crippen molar-refractivity contribution in [3.63, 3.8) is 0 Å². The molecule has 0 bridgehead atoms. The van der Waals surface area contributed by atoms with Crippen LogP contribution in [0, 0.1) is 0 Å². The Bertz CT molecular complexity index is 1300. The fourth-order valence-electron chi connectivity index (χ4n) is 9.80. The lowest BCUT2D eigenvalue weighted by Gasteiger charge is -2.18. The van der Waals surface area contributed by atoms with E-state index in [1.165, 1.54) is 238 Å². The molecule has 0 aliphatic carbocycles. The number of hydrogen-bond acceptors (Lipinski definition) is 6. The van der Waals surface area contributed by atoms with Gasteiger partial charge in [0, 0.05) is 19.3 Å². The molecule has 6 heteroatoms. The molecule has 0 saturated carbocycles. The van der Waals surface area contributed by atoms with Crippen LogP contribution in [-0.2, 0) is 28.6 Å². The lowest BCUT2D eigenvalue weighted by Crippen LogP contribution is -2.30. The van der Waals surface area contributed by atoms with Crippen LogP contribution in [0.3, 0.4) is 0 Å². The van der Waals surface area contributed by atoms with Crippen molar-refractivity contribution < 1.29 is 28.6 Å². The summed E-state index contributed by atoms with van der Waals surface area (Å²) in [6.45, 7) is 6.64. The molecule has 0 aromatic carbocycles. The van der Waals surface area contributed by atoms with Crippen LogP contribution >= 0.6 is 0 Å². The summed E-state index contributed by atoms with van der Waals surface area (Å²) >= 11 is 0. The molecule has 0 N–H and O–H groups in total. The lowest BCUT2D eigenvalue weighted by atomic mass is 10.0. The summed E-state index contributed by atoms with van der Waals surface area (Å²) in [7, 11) is 0. The molecule has 0 radical (unpaired) electrons. The first kappa shape index (κ1) is 72.4. The van der Waals surface area contributed by atoms with E-state index in [4.69, 9.17) is 14.2 Å². The molecule has 0 heterocycles. The van der Waals surface area contributed by atoms with Crippen molar-refractivity contribution >= 4 is 17.9 Å². The van der Waals surface area contributed by atoms with Crippen molar-refractivity contribution in [1.29, 1.82) is 0 Å². The van der Waals surface area contributed by atoms with Gasteiger partial charge in [-0.2, -0.15) is 0 Å². The fourth-order valence-corrected chi connectivity index (χ4v) is 9.80. The molecule has 6 nitrogen and oxygen atoms in total. The third-order valence-corrected chi connectivity index (χ3v) is 14.8. The van der Waals surface area contributed by atoms with Gasteiger partial charge in [0.1, 0.15) is 13.2 Å². The molecule has 75 heavy (non-hydrogen) atoms. The second kappa shape index (κ2) is 63.9. The SMILES string of the molecule is CCCCC/C=C\C/C=C\CCCCCCCCCCCC(=O)O[C@H](COC(=O)CCCCCCCCC/C=C\C/C=C\CCCCC)COC(=O)CCCCCCCCCCCCCCCCCCCCCCC. The molecule has 0 aromatic heterocycles. The minimum atomic E-state index is -0.778. The Hall–Kier alpha value is -2.63. The van der Waals surface area contributed by atoms with Gasteiger partial charge in [0.2, 0.25) is 0 Å². The van der Waals surface area contributed by atoms with Crippen molar-refractivity contribution in [1.82, 2.24) is 0 Å². The van der Waals surface area contributed by atoms with Crippen LogP contribution in [0.5, 0.6) is 0 Å². The predicted octanol–water partition coefficient (Wildman–Crippen LogP) is 22.6. The van der Waals surface area contributed by atoms with E-state index in [1.54, 1.807) is 0 Å². The molecule has 0 spiro atoms. The van der Waals surface area contributed by atoms with Gasteiger partial charge in [0.15, 0.2) is 6.10 Å². The molecule has 0 aromatic rings. The smallest absolute Gasteiger partial charge is 0.306 e. The van der Waals surface area contributed by atoms with Crippen LogP contribution in [0.15, 0.2) is 48.6 Å². The summed E-state index contributed by atoms with van der Waals surface area (Å²) < 4.78 is 17.0. The summed E-state index contributed by atoms with van der Waals surface area (Å²) in [6.07, 6.45) is 79.7. The van der Waals surface area contributed by atoms with Gasteiger partial charge in [-0.25, -0.2) is 0 Å². The summed E-state index contributed by atoms with van der Waals surface area (Å²) in [5.74, 6) is -0.862. The van der Waals surface area contributed by atoms with Crippen LogP contribution in [-0.4, -0.2) is 37.2 Å². The van der Waals surface area contributed by atoms with Crippen molar-refractivity contribution in [3.8, 4) is 0 Å². The van der Waals surface area contributed by atoms with Crippen LogP contribution in [0.2, 0.25) is 0 Å². The molecule has 0 fully saturated rings. The van der Waals surface area contributed by atoms with Gasteiger partial charge in [-0.15, -0.1) is 0 Å². The maximum Gasteiger partial charge on any atom is 0.306 e. The van der Waals surface area contributed by atoms with Crippen LogP contribution in [0.25, 0.3) is 0 Å². The number of hydrogen-bond donors (Lipinski definition) is 0. The van der Waals surface area contributed by atoms with E-state index >= 15 is 0 Å². The van der Waals surface area contributed by atoms with Gasteiger partial charge >= 0.3 is 17.9 Å². The highest BCUT2D eigenvalue weighted by Crippen LogP contribution is 2.18. The Kier molecular flexibility index (Phi) is 61.7. The van der Waals surface area contributed by atoms with E-state index in [0.29, 0.717) is 19.3 Å². The first-order valence-corrected chi connectivity index (χ1v) is 33.1. The van der Waals surface area contributed by atoms with E-state index in [1.807, 2.05) is 0 Å². The van der Waals surface area contributed by atoms with Crippen LogP contribution in [0.1, 0.15) is 355 Å². The van der Waals surface area contributed by atoms with Gasteiger partial charge in [0.25, 0.3) is 0 Å². The van der Waals surface area contributed by atoms with Crippen LogP contribution in [0.4, 0.5) is 0 Å². The van der Waals surface area contributed by atoms with Crippen LogP contribution < -0.4 is 0 Å². The largest absolute Gasteiger partial charge is 0.462 e. The van der Waals surface area contributed by atoms with Gasteiger partial charge in [0.05, 0.1) is 0 Å². The molecule has 0 rings (SSSR count). The summed E-state index contributed by atoms with van der Waals surface area (Å²) in [4.78, 5) is 38.4. The molecular formula is C69H126O6. The first-order chi connectivity index (χ1) is 37.0. The van der Waals surface area contributed by atoms with Gasteiger partial charge in [-0.3, -0.25) is 14.4 Å². The van der Waals surface area contributed by atoms with E-state index in [9.17, 15) is 14.4 Å². The Labute approximate surface area is 467 Å².